The minimum Gasteiger partial charge on any atom is -0.497 e. The zero-order valence-corrected chi connectivity index (χ0v) is 10.4. The Hall–Kier alpha value is -1.95. The van der Waals surface area contributed by atoms with Gasteiger partial charge in [0.05, 0.1) is 7.11 Å². The van der Waals surface area contributed by atoms with E-state index in [0.29, 0.717) is 13.1 Å². The van der Waals surface area contributed by atoms with E-state index in [0.717, 1.165) is 24.5 Å². The van der Waals surface area contributed by atoms with Crippen molar-refractivity contribution in [2.24, 2.45) is 5.84 Å². The number of ether oxygens (including phenoxy) is 1. The van der Waals surface area contributed by atoms with Crippen LogP contribution < -0.4 is 20.9 Å². The number of carbonyl (C=O) groups is 1. The van der Waals surface area contributed by atoms with E-state index in [4.69, 9.17) is 10.6 Å². The largest absolute Gasteiger partial charge is 0.497 e. The molecule has 0 spiro atoms. The molecule has 0 atom stereocenters. The van der Waals surface area contributed by atoms with E-state index in [-0.39, 0.29) is 6.03 Å². The van der Waals surface area contributed by atoms with Crippen molar-refractivity contribution < 1.29 is 9.53 Å². The highest BCUT2D eigenvalue weighted by Crippen LogP contribution is 2.20. The van der Waals surface area contributed by atoms with Crippen LogP contribution >= 0.6 is 0 Å². The molecule has 0 bridgehead atoms. The van der Waals surface area contributed by atoms with Crippen molar-refractivity contribution in [1.29, 1.82) is 0 Å². The summed E-state index contributed by atoms with van der Waals surface area (Å²) in [6.45, 7) is 2.96. The van der Waals surface area contributed by atoms with Crippen LogP contribution in [0.1, 0.15) is 0 Å². The van der Waals surface area contributed by atoms with Gasteiger partial charge < -0.3 is 14.5 Å². The Labute approximate surface area is 106 Å². The molecule has 1 aromatic rings. The lowest BCUT2D eigenvalue weighted by Gasteiger charge is -2.35. The van der Waals surface area contributed by atoms with Crippen LogP contribution in [-0.2, 0) is 0 Å². The smallest absolute Gasteiger partial charge is 0.331 e. The molecule has 6 heteroatoms. The topological polar surface area (TPSA) is 70.8 Å². The van der Waals surface area contributed by atoms with Crippen molar-refractivity contribution in [1.82, 2.24) is 10.3 Å². The molecule has 0 aliphatic carbocycles. The monoisotopic (exact) mass is 250 g/mol. The fourth-order valence-corrected chi connectivity index (χ4v) is 2.05. The fourth-order valence-electron chi connectivity index (χ4n) is 2.05. The predicted molar refractivity (Wildman–Crippen MR) is 69.5 cm³/mol. The summed E-state index contributed by atoms with van der Waals surface area (Å²) in [6.07, 6.45) is 0. The molecule has 2 amide bonds. The number of methoxy groups -OCH3 is 1. The average Bonchev–Trinajstić information content (AvgIpc) is 2.47. The van der Waals surface area contributed by atoms with E-state index in [2.05, 4.69) is 10.3 Å². The van der Waals surface area contributed by atoms with Crippen molar-refractivity contribution in [3.63, 3.8) is 0 Å². The molecule has 98 valence electrons. The van der Waals surface area contributed by atoms with Crippen molar-refractivity contribution in [2.45, 2.75) is 0 Å². The van der Waals surface area contributed by atoms with Crippen LogP contribution in [-0.4, -0.2) is 44.2 Å². The zero-order chi connectivity index (χ0) is 13.0. The number of nitrogens with one attached hydrogen (secondary N) is 1. The highest BCUT2D eigenvalue weighted by molar-refractivity contribution is 5.73. The molecular formula is C12H18N4O2. The number of nitrogens with zero attached hydrogens (tertiary/aromatic N) is 2. The lowest BCUT2D eigenvalue weighted by atomic mass is 10.2. The molecule has 0 unspecified atom stereocenters. The van der Waals surface area contributed by atoms with Gasteiger partial charge in [-0.2, -0.15) is 0 Å². The molecule has 2 rings (SSSR count). The number of amides is 2. The second-order valence-electron chi connectivity index (χ2n) is 4.12. The number of carbonyl (C=O) groups excluding carboxylic acids is 1. The summed E-state index contributed by atoms with van der Waals surface area (Å²) in [4.78, 5) is 15.3. The van der Waals surface area contributed by atoms with Gasteiger partial charge >= 0.3 is 6.03 Å². The van der Waals surface area contributed by atoms with Crippen molar-refractivity contribution in [2.75, 3.05) is 38.2 Å². The third-order valence-corrected chi connectivity index (χ3v) is 3.13. The Balaban J connectivity index is 1.94. The number of benzene rings is 1. The summed E-state index contributed by atoms with van der Waals surface area (Å²) in [7, 11) is 1.65. The van der Waals surface area contributed by atoms with Crippen LogP contribution in [0.5, 0.6) is 5.75 Å². The lowest BCUT2D eigenvalue weighted by molar-refractivity contribution is 0.194. The van der Waals surface area contributed by atoms with E-state index in [1.807, 2.05) is 24.3 Å². The highest BCUT2D eigenvalue weighted by Gasteiger charge is 2.20. The van der Waals surface area contributed by atoms with Crippen LogP contribution in [0.4, 0.5) is 10.5 Å². The van der Waals surface area contributed by atoms with Gasteiger partial charge in [-0.1, -0.05) is 0 Å². The van der Waals surface area contributed by atoms with E-state index >= 15 is 0 Å². The molecule has 0 saturated carbocycles. The van der Waals surface area contributed by atoms with Gasteiger partial charge in [0.15, 0.2) is 0 Å². The molecule has 0 aromatic heterocycles. The molecule has 1 aliphatic rings. The molecule has 1 saturated heterocycles. The number of hydrogen-bond donors (Lipinski definition) is 2. The van der Waals surface area contributed by atoms with Gasteiger partial charge in [-0.05, 0) is 24.3 Å². The maximum absolute atomic E-state index is 11.3. The molecule has 1 aromatic carbocycles. The van der Waals surface area contributed by atoms with E-state index in [1.165, 1.54) is 0 Å². The molecular weight excluding hydrogens is 232 g/mol. The number of anilines is 1. The number of rotatable bonds is 2. The third-order valence-electron chi connectivity index (χ3n) is 3.13. The first-order chi connectivity index (χ1) is 8.74. The molecule has 18 heavy (non-hydrogen) atoms. The van der Waals surface area contributed by atoms with Crippen LogP contribution in [0.15, 0.2) is 24.3 Å². The second-order valence-corrected chi connectivity index (χ2v) is 4.12. The normalized spacial score (nSPS) is 15.4. The summed E-state index contributed by atoms with van der Waals surface area (Å²) in [6, 6.07) is 7.71. The Bertz CT molecular complexity index is 399. The van der Waals surface area contributed by atoms with E-state index in [9.17, 15) is 4.79 Å². The first kappa shape index (κ1) is 12.5. The Morgan fingerprint density at radius 1 is 1.22 bits per heavy atom. The van der Waals surface area contributed by atoms with Crippen molar-refractivity contribution in [3.05, 3.63) is 24.3 Å². The van der Waals surface area contributed by atoms with Gasteiger partial charge in [0, 0.05) is 31.9 Å². The van der Waals surface area contributed by atoms with Gasteiger partial charge in [0.25, 0.3) is 0 Å². The highest BCUT2D eigenvalue weighted by atomic mass is 16.5. The molecule has 1 fully saturated rings. The summed E-state index contributed by atoms with van der Waals surface area (Å²) in [5.41, 5.74) is 3.30. The lowest BCUT2D eigenvalue weighted by Crippen LogP contribution is -2.53. The first-order valence-electron chi connectivity index (χ1n) is 5.89. The standard InChI is InChI=1S/C12H18N4O2/c1-18-11-4-2-10(3-5-11)15-6-8-16(9-7-15)12(17)14-13/h2-5H,6-9,13H2,1H3,(H,14,17). The number of hydrogen-bond acceptors (Lipinski definition) is 4. The minimum atomic E-state index is -0.218. The van der Waals surface area contributed by atoms with Crippen molar-refractivity contribution in [3.8, 4) is 5.75 Å². The van der Waals surface area contributed by atoms with E-state index in [1.54, 1.807) is 12.0 Å². The summed E-state index contributed by atoms with van der Waals surface area (Å²) < 4.78 is 5.13. The summed E-state index contributed by atoms with van der Waals surface area (Å²) >= 11 is 0. The Morgan fingerprint density at radius 2 is 1.83 bits per heavy atom. The summed E-state index contributed by atoms with van der Waals surface area (Å²) in [5, 5.41) is 0. The quantitative estimate of drug-likeness (QED) is 0.453. The van der Waals surface area contributed by atoms with Crippen LogP contribution in [0.25, 0.3) is 0 Å². The maximum atomic E-state index is 11.3. The molecule has 1 heterocycles. The van der Waals surface area contributed by atoms with Crippen LogP contribution in [0.2, 0.25) is 0 Å². The number of hydrazine groups is 1. The Kier molecular flexibility index (Phi) is 3.88. The van der Waals surface area contributed by atoms with E-state index < -0.39 is 0 Å². The second kappa shape index (κ2) is 5.59. The SMILES string of the molecule is COc1ccc(N2CCN(C(=O)NN)CC2)cc1. The number of urea groups is 1. The van der Waals surface area contributed by atoms with Crippen LogP contribution in [0, 0.1) is 0 Å². The molecule has 0 radical (unpaired) electrons. The third kappa shape index (κ3) is 2.65. The maximum Gasteiger partial charge on any atom is 0.331 e. The van der Waals surface area contributed by atoms with Gasteiger partial charge in [-0.3, -0.25) is 5.43 Å². The number of piperazine rings is 1. The first-order valence-corrected chi connectivity index (χ1v) is 5.89. The summed E-state index contributed by atoms with van der Waals surface area (Å²) in [5.74, 6) is 5.96. The minimum absolute atomic E-state index is 0.218. The van der Waals surface area contributed by atoms with Crippen molar-refractivity contribution >= 4 is 11.7 Å². The van der Waals surface area contributed by atoms with Gasteiger partial charge in [-0.25, -0.2) is 10.6 Å². The average molecular weight is 250 g/mol. The molecule has 3 N–H and O–H groups in total. The van der Waals surface area contributed by atoms with Gasteiger partial charge in [-0.15, -0.1) is 0 Å². The predicted octanol–water partition coefficient (Wildman–Crippen LogP) is 0.401. The van der Waals surface area contributed by atoms with Gasteiger partial charge in [0.1, 0.15) is 5.75 Å². The fraction of sp³-hybridized carbons (Fsp3) is 0.417. The molecule has 1 aliphatic heterocycles. The Morgan fingerprint density at radius 3 is 2.33 bits per heavy atom. The van der Waals surface area contributed by atoms with Gasteiger partial charge in [0.2, 0.25) is 0 Å². The van der Waals surface area contributed by atoms with Crippen LogP contribution in [0.3, 0.4) is 0 Å². The number of nitrogens with two attached hydrogens (primary N) is 1. The zero-order valence-electron chi connectivity index (χ0n) is 10.4. The molecule has 6 nitrogen and oxygen atoms in total.